The van der Waals surface area contributed by atoms with Crippen LogP contribution in [0, 0.1) is 0 Å². The lowest BCUT2D eigenvalue weighted by molar-refractivity contribution is 0.190. The van der Waals surface area contributed by atoms with Gasteiger partial charge < -0.3 is 15.3 Å². The Morgan fingerprint density at radius 3 is 2.62 bits per heavy atom. The van der Waals surface area contributed by atoms with Crippen LogP contribution >= 0.6 is 0 Å². The van der Waals surface area contributed by atoms with Crippen molar-refractivity contribution in [3.8, 4) is 11.1 Å². The van der Waals surface area contributed by atoms with E-state index in [9.17, 15) is 4.79 Å². The molecule has 1 aromatic heterocycles. The Morgan fingerprint density at radius 1 is 1.24 bits per heavy atom. The molecule has 2 amide bonds. The van der Waals surface area contributed by atoms with E-state index in [0.717, 1.165) is 16.7 Å². The Hall–Kier alpha value is -2.40. The minimum Gasteiger partial charge on any atom is -0.395 e. The van der Waals surface area contributed by atoms with Gasteiger partial charge in [0, 0.05) is 32.5 Å². The van der Waals surface area contributed by atoms with Crippen molar-refractivity contribution in [3.05, 3.63) is 54.4 Å². The van der Waals surface area contributed by atoms with E-state index in [1.54, 1.807) is 13.2 Å². The van der Waals surface area contributed by atoms with Gasteiger partial charge in [0.1, 0.15) is 0 Å². The highest BCUT2D eigenvalue weighted by Crippen LogP contribution is 2.18. The quantitative estimate of drug-likeness (QED) is 0.881. The van der Waals surface area contributed by atoms with E-state index in [1.165, 1.54) is 4.90 Å². The van der Waals surface area contributed by atoms with Gasteiger partial charge >= 0.3 is 6.03 Å². The van der Waals surface area contributed by atoms with Crippen molar-refractivity contribution in [2.45, 2.75) is 6.54 Å². The molecular weight excluding hydrogens is 266 g/mol. The number of nitrogens with one attached hydrogen (secondary N) is 1. The van der Waals surface area contributed by atoms with Gasteiger partial charge in [-0.25, -0.2) is 4.79 Å². The number of aliphatic hydroxyl groups is 1. The van der Waals surface area contributed by atoms with E-state index in [-0.39, 0.29) is 12.6 Å². The third-order valence-electron chi connectivity index (χ3n) is 3.17. The van der Waals surface area contributed by atoms with E-state index in [2.05, 4.69) is 10.3 Å². The molecule has 2 N–H and O–H groups in total. The van der Waals surface area contributed by atoms with Gasteiger partial charge in [-0.2, -0.15) is 0 Å². The lowest BCUT2D eigenvalue weighted by atomic mass is 10.1. The molecule has 5 heteroatoms. The standard InChI is InChI=1S/C16H19N3O2/c1-19(9-10-20)16(21)18-11-13-4-6-14(7-5-13)15-3-2-8-17-12-15/h2-8,12,20H,9-11H2,1H3,(H,18,21). The SMILES string of the molecule is CN(CCO)C(=O)NCc1ccc(-c2cccnc2)cc1. The molecule has 0 fully saturated rings. The molecule has 0 saturated carbocycles. The number of benzene rings is 1. The van der Waals surface area contributed by atoms with E-state index in [0.29, 0.717) is 13.1 Å². The number of hydrogen-bond acceptors (Lipinski definition) is 3. The van der Waals surface area contributed by atoms with E-state index >= 15 is 0 Å². The number of carbonyl (C=O) groups is 1. The summed E-state index contributed by atoms with van der Waals surface area (Å²) in [5.74, 6) is 0. The highest BCUT2D eigenvalue weighted by atomic mass is 16.3. The molecule has 1 aromatic carbocycles. The van der Waals surface area contributed by atoms with Gasteiger partial charge in [0.2, 0.25) is 0 Å². The molecule has 0 bridgehead atoms. The van der Waals surface area contributed by atoms with Crippen LogP contribution in [0.3, 0.4) is 0 Å². The molecule has 21 heavy (non-hydrogen) atoms. The van der Waals surface area contributed by atoms with Crippen LogP contribution in [0.5, 0.6) is 0 Å². The van der Waals surface area contributed by atoms with Gasteiger partial charge in [-0.15, -0.1) is 0 Å². The lowest BCUT2D eigenvalue weighted by Crippen LogP contribution is -2.38. The van der Waals surface area contributed by atoms with Crippen LogP contribution in [0.4, 0.5) is 4.79 Å². The molecule has 0 aliphatic carbocycles. The average molecular weight is 285 g/mol. The molecule has 2 aromatic rings. The zero-order chi connectivity index (χ0) is 15.1. The highest BCUT2D eigenvalue weighted by molar-refractivity contribution is 5.73. The lowest BCUT2D eigenvalue weighted by Gasteiger charge is -2.16. The highest BCUT2D eigenvalue weighted by Gasteiger charge is 2.06. The smallest absolute Gasteiger partial charge is 0.317 e. The maximum atomic E-state index is 11.7. The number of carbonyl (C=O) groups excluding carboxylic acids is 1. The number of aliphatic hydroxyl groups excluding tert-OH is 1. The van der Waals surface area contributed by atoms with Crippen molar-refractivity contribution in [2.24, 2.45) is 0 Å². The Balaban J connectivity index is 1.93. The van der Waals surface area contributed by atoms with Crippen molar-refractivity contribution < 1.29 is 9.90 Å². The van der Waals surface area contributed by atoms with Gasteiger partial charge in [-0.3, -0.25) is 4.98 Å². The molecule has 0 aliphatic rings. The van der Waals surface area contributed by atoms with Gasteiger partial charge in [0.15, 0.2) is 0 Å². The summed E-state index contributed by atoms with van der Waals surface area (Å²) in [5.41, 5.74) is 3.18. The summed E-state index contributed by atoms with van der Waals surface area (Å²) in [5, 5.41) is 11.6. The van der Waals surface area contributed by atoms with Gasteiger partial charge in [0.25, 0.3) is 0 Å². The summed E-state index contributed by atoms with van der Waals surface area (Å²) < 4.78 is 0. The molecule has 0 spiro atoms. The third kappa shape index (κ3) is 4.29. The Labute approximate surface area is 124 Å². The van der Waals surface area contributed by atoms with Crippen molar-refractivity contribution in [1.29, 1.82) is 0 Å². The number of urea groups is 1. The van der Waals surface area contributed by atoms with Gasteiger partial charge in [0.05, 0.1) is 6.61 Å². The first-order valence-corrected chi connectivity index (χ1v) is 6.80. The summed E-state index contributed by atoms with van der Waals surface area (Å²) >= 11 is 0. The van der Waals surface area contributed by atoms with Crippen LogP contribution in [-0.4, -0.2) is 41.2 Å². The second-order valence-corrected chi connectivity index (χ2v) is 4.74. The zero-order valence-electron chi connectivity index (χ0n) is 12.0. The molecular formula is C16H19N3O2. The number of pyridine rings is 1. The molecule has 0 radical (unpaired) electrons. The number of aromatic nitrogens is 1. The maximum Gasteiger partial charge on any atom is 0.317 e. The normalized spacial score (nSPS) is 10.2. The van der Waals surface area contributed by atoms with Gasteiger partial charge in [-0.05, 0) is 22.8 Å². The molecule has 0 unspecified atom stereocenters. The Morgan fingerprint density at radius 2 is 2.00 bits per heavy atom. The fourth-order valence-electron chi connectivity index (χ4n) is 1.91. The van der Waals surface area contributed by atoms with Gasteiger partial charge in [-0.1, -0.05) is 30.3 Å². The zero-order valence-corrected chi connectivity index (χ0v) is 12.0. The number of rotatable bonds is 5. The average Bonchev–Trinajstić information content (AvgIpc) is 2.54. The molecule has 1 heterocycles. The van der Waals surface area contributed by atoms with E-state index in [4.69, 9.17) is 5.11 Å². The van der Waals surface area contributed by atoms with E-state index in [1.807, 2.05) is 42.6 Å². The minimum atomic E-state index is -0.194. The number of amides is 2. The largest absolute Gasteiger partial charge is 0.395 e. The predicted molar refractivity (Wildman–Crippen MR) is 81.6 cm³/mol. The summed E-state index contributed by atoms with van der Waals surface area (Å²) in [4.78, 5) is 17.2. The van der Waals surface area contributed by atoms with Crippen LogP contribution in [-0.2, 0) is 6.54 Å². The maximum absolute atomic E-state index is 11.7. The molecule has 0 atom stereocenters. The summed E-state index contributed by atoms with van der Waals surface area (Å²) in [7, 11) is 1.65. The van der Waals surface area contributed by atoms with Crippen LogP contribution in [0.1, 0.15) is 5.56 Å². The van der Waals surface area contributed by atoms with Crippen LogP contribution in [0.25, 0.3) is 11.1 Å². The molecule has 2 rings (SSSR count). The Bertz CT molecular complexity index is 570. The topological polar surface area (TPSA) is 65.5 Å². The number of hydrogen-bond donors (Lipinski definition) is 2. The first-order valence-electron chi connectivity index (χ1n) is 6.80. The molecule has 0 saturated heterocycles. The van der Waals surface area contributed by atoms with Crippen molar-refractivity contribution >= 4 is 6.03 Å². The fourth-order valence-corrected chi connectivity index (χ4v) is 1.91. The predicted octanol–water partition coefficient (Wildman–Crippen LogP) is 1.88. The Kier molecular flexibility index (Phi) is 5.29. The number of likely N-dealkylation sites (N-methyl/N-ethyl adjacent to an activating group) is 1. The molecule has 5 nitrogen and oxygen atoms in total. The van der Waals surface area contributed by atoms with Crippen LogP contribution < -0.4 is 5.32 Å². The van der Waals surface area contributed by atoms with Crippen molar-refractivity contribution in [3.63, 3.8) is 0 Å². The summed E-state index contributed by atoms with van der Waals surface area (Å²) in [6.45, 7) is 0.747. The molecule has 0 aliphatic heterocycles. The van der Waals surface area contributed by atoms with Crippen LogP contribution in [0.2, 0.25) is 0 Å². The number of nitrogens with zero attached hydrogens (tertiary/aromatic N) is 2. The monoisotopic (exact) mass is 285 g/mol. The summed E-state index contributed by atoms with van der Waals surface area (Å²) in [6, 6.07) is 11.7. The first kappa shape index (κ1) is 15.0. The molecule has 110 valence electrons. The third-order valence-corrected chi connectivity index (χ3v) is 3.17. The minimum absolute atomic E-state index is 0.0380. The fraction of sp³-hybridized carbons (Fsp3) is 0.250. The first-order chi connectivity index (χ1) is 10.2. The van der Waals surface area contributed by atoms with Crippen molar-refractivity contribution in [2.75, 3.05) is 20.2 Å². The second-order valence-electron chi connectivity index (χ2n) is 4.74. The van der Waals surface area contributed by atoms with Crippen molar-refractivity contribution in [1.82, 2.24) is 15.2 Å². The van der Waals surface area contributed by atoms with Crippen LogP contribution in [0.15, 0.2) is 48.8 Å². The second kappa shape index (κ2) is 7.40. The van der Waals surface area contributed by atoms with E-state index < -0.39 is 0 Å². The summed E-state index contributed by atoms with van der Waals surface area (Å²) in [6.07, 6.45) is 3.57.